The van der Waals surface area contributed by atoms with Gasteiger partial charge in [-0.25, -0.2) is 0 Å². The number of rotatable bonds is 5. The summed E-state index contributed by atoms with van der Waals surface area (Å²) in [5.74, 6) is -0.823. The summed E-state index contributed by atoms with van der Waals surface area (Å²) in [6.07, 6.45) is 2.47. The molecule has 6 heteroatoms. The zero-order valence-corrected chi connectivity index (χ0v) is 15.2. The lowest BCUT2D eigenvalue weighted by molar-refractivity contribution is 0.100. The Morgan fingerprint density at radius 3 is 2.59 bits per heavy atom. The highest BCUT2D eigenvalue weighted by Gasteiger charge is 2.18. The van der Waals surface area contributed by atoms with Gasteiger partial charge in [-0.3, -0.25) is 9.59 Å². The van der Waals surface area contributed by atoms with Crippen LogP contribution in [0, 0.1) is 0 Å². The quantitative estimate of drug-likeness (QED) is 0.489. The Morgan fingerprint density at radius 2 is 1.81 bits per heavy atom. The number of carbonyl (C=O) groups is 2. The molecule has 4 aromatic rings. The number of fused-ring (bicyclic) bond motifs is 1. The molecule has 4 N–H and O–H groups in total. The van der Waals surface area contributed by atoms with Crippen LogP contribution >= 0.6 is 11.3 Å². The van der Waals surface area contributed by atoms with Gasteiger partial charge in [0.2, 0.25) is 0 Å². The van der Waals surface area contributed by atoms with Gasteiger partial charge in [0.1, 0.15) is 5.00 Å². The SMILES string of the molecule is NC(=O)c1cc(Cc2ccccc2)sc1NC(=O)c1cccc2[nH]ccc12. The molecule has 0 bridgehead atoms. The molecule has 2 aromatic heterocycles. The van der Waals surface area contributed by atoms with E-state index in [1.54, 1.807) is 18.3 Å². The molecule has 0 aliphatic heterocycles. The fourth-order valence-electron chi connectivity index (χ4n) is 3.06. The lowest BCUT2D eigenvalue weighted by atomic mass is 10.1. The van der Waals surface area contributed by atoms with Crippen molar-refractivity contribution < 1.29 is 9.59 Å². The van der Waals surface area contributed by atoms with E-state index in [2.05, 4.69) is 10.3 Å². The van der Waals surface area contributed by atoms with E-state index in [-0.39, 0.29) is 5.91 Å². The van der Waals surface area contributed by atoms with Crippen molar-refractivity contribution in [2.75, 3.05) is 5.32 Å². The van der Waals surface area contributed by atoms with Crippen LogP contribution in [0.15, 0.2) is 66.9 Å². The molecule has 0 radical (unpaired) electrons. The third-order valence-corrected chi connectivity index (χ3v) is 5.39. The van der Waals surface area contributed by atoms with Crippen LogP contribution in [0.5, 0.6) is 0 Å². The summed E-state index contributed by atoms with van der Waals surface area (Å²) in [7, 11) is 0. The molecular formula is C21H17N3O2S. The summed E-state index contributed by atoms with van der Waals surface area (Å²) in [4.78, 5) is 28.7. The highest BCUT2D eigenvalue weighted by Crippen LogP contribution is 2.30. The number of aromatic amines is 1. The third kappa shape index (κ3) is 3.47. The standard InChI is InChI=1S/C21H17N3O2S/c22-19(25)17-12-14(11-13-5-2-1-3-6-13)27-21(17)24-20(26)16-7-4-8-18-15(16)9-10-23-18/h1-10,12,23H,11H2,(H2,22,25)(H,24,26). The first-order chi connectivity index (χ1) is 13.1. The van der Waals surface area contributed by atoms with Crippen molar-refractivity contribution in [3.63, 3.8) is 0 Å². The molecular weight excluding hydrogens is 358 g/mol. The van der Waals surface area contributed by atoms with Gasteiger partial charge in [0.25, 0.3) is 11.8 Å². The Labute approximate surface area is 159 Å². The molecule has 27 heavy (non-hydrogen) atoms. The number of hydrogen-bond donors (Lipinski definition) is 3. The first kappa shape index (κ1) is 17.1. The second kappa shape index (κ2) is 7.09. The van der Waals surface area contributed by atoms with E-state index in [0.29, 0.717) is 22.5 Å². The van der Waals surface area contributed by atoms with Crippen molar-refractivity contribution in [1.29, 1.82) is 0 Å². The smallest absolute Gasteiger partial charge is 0.256 e. The van der Waals surface area contributed by atoms with E-state index < -0.39 is 5.91 Å². The van der Waals surface area contributed by atoms with Crippen LogP contribution in [0.1, 0.15) is 31.2 Å². The molecule has 0 fully saturated rings. The first-order valence-electron chi connectivity index (χ1n) is 8.46. The molecule has 0 unspecified atom stereocenters. The number of amides is 2. The zero-order valence-electron chi connectivity index (χ0n) is 14.4. The molecule has 0 aliphatic carbocycles. The molecule has 2 aromatic carbocycles. The summed E-state index contributed by atoms with van der Waals surface area (Å²) >= 11 is 1.37. The monoisotopic (exact) mass is 375 g/mol. The van der Waals surface area contributed by atoms with E-state index in [0.717, 1.165) is 21.3 Å². The van der Waals surface area contributed by atoms with Crippen molar-refractivity contribution in [3.8, 4) is 0 Å². The Bertz CT molecular complexity index is 1130. The van der Waals surface area contributed by atoms with Gasteiger partial charge < -0.3 is 16.0 Å². The predicted octanol–water partition coefficient (Wildman–Crippen LogP) is 4.17. The normalized spacial score (nSPS) is 10.8. The van der Waals surface area contributed by atoms with Crippen molar-refractivity contribution in [2.24, 2.45) is 5.73 Å². The van der Waals surface area contributed by atoms with E-state index in [1.165, 1.54) is 11.3 Å². The summed E-state index contributed by atoms with van der Waals surface area (Å²) in [6, 6.07) is 19.0. The number of thiophene rings is 1. The largest absolute Gasteiger partial charge is 0.366 e. The van der Waals surface area contributed by atoms with E-state index in [4.69, 9.17) is 5.73 Å². The molecule has 134 valence electrons. The van der Waals surface area contributed by atoms with Gasteiger partial charge in [0.15, 0.2) is 0 Å². The number of carbonyl (C=O) groups excluding carboxylic acids is 2. The summed E-state index contributed by atoms with van der Waals surface area (Å²) in [5, 5.41) is 4.17. The fourth-order valence-corrected chi connectivity index (χ4v) is 4.15. The molecule has 0 aliphatic rings. The Hall–Kier alpha value is -3.38. The molecule has 0 atom stereocenters. The van der Waals surface area contributed by atoms with Crippen LogP contribution in [0.3, 0.4) is 0 Å². The highest BCUT2D eigenvalue weighted by molar-refractivity contribution is 7.16. The minimum absolute atomic E-state index is 0.268. The lowest BCUT2D eigenvalue weighted by Gasteiger charge is -2.06. The number of anilines is 1. The second-order valence-corrected chi connectivity index (χ2v) is 7.32. The van der Waals surface area contributed by atoms with Crippen LogP contribution in [-0.2, 0) is 6.42 Å². The zero-order chi connectivity index (χ0) is 18.8. The average molecular weight is 375 g/mol. The van der Waals surface area contributed by atoms with Gasteiger partial charge >= 0.3 is 0 Å². The minimum Gasteiger partial charge on any atom is -0.366 e. The van der Waals surface area contributed by atoms with E-state index in [1.807, 2.05) is 48.5 Å². The third-order valence-electron chi connectivity index (χ3n) is 4.34. The van der Waals surface area contributed by atoms with Crippen LogP contribution in [-0.4, -0.2) is 16.8 Å². The van der Waals surface area contributed by atoms with Gasteiger partial charge in [0.05, 0.1) is 5.56 Å². The van der Waals surface area contributed by atoms with Gasteiger partial charge in [0, 0.05) is 34.0 Å². The molecule has 2 heterocycles. The van der Waals surface area contributed by atoms with Crippen molar-refractivity contribution in [3.05, 3.63) is 88.4 Å². The Morgan fingerprint density at radius 1 is 1.00 bits per heavy atom. The number of nitrogens with two attached hydrogens (primary N) is 1. The van der Waals surface area contributed by atoms with Crippen LogP contribution < -0.4 is 11.1 Å². The molecule has 5 nitrogen and oxygen atoms in total. The Kier molecular flexibility index (Phi) is 4.48. The number of H-pyrrole nitrogens is 1. The molecule has 2 amide bonds. The molecule has 0 saturated heterocycles. The van der Waals surface area contributed by atoms with Crippen molar-refractivity contribution in [2.45, 2.75) is 6.42 Å². The summed E-state index contributed by atoms with van der Waals surface area (Å²) in [5.41, 5.74) is 8.41. The molecule has 0 spiro atoms. The minimum atomic E-state index is -0.555. The summed E-state index contributed by atoms with van der Waals surface area (Å²) < 4.78 is 0. The Balaban J connectivity index is 1.63. The topological polar surface area (TPSA) is 88.0 Å². The maximum Gasteiger partial charge on any atom is 0.256 e. The van der Waals surface area contributed by atoms with Crippen molar-refractivity contribution >= 4 is 39.1 Å². The number of nitrogens with one attached hydrogen (secondary N) is 2. The van der Waals surface area contributed by atoms with Crippen molar-refractivity contribution in [1.82, 2.24) is 4.98 Å². The first-order valence-corrected chi connectivity index (χ1v) is 9.27. The lowest BCUT2D eigenvalue weighted by Crippen LogP contribution is -2.16. The number of primary amides is 1. The maximum atomic E-state index is 12.8. The van der Waals surface area contributed by atoms with Crippen LogP contribution in [0.25, 0.3) is 10.9 Å². The number of benzene rings is 2. The predicted molar refractivity (Wildman–Crippen MR) is 108 cm³/mol. The van der Waals surface area contributed by atoms with Gasteiger partial charge in [-0.15, -0.1) is 11.3 Å². The number of hydrogen-bond acceptors (Lipinski definition) is 3. The maximum absolute atomic E-state index is 12.8. The van der Waals surface area contributed by atoms with Gasteiger partial charge in [-0.1, -0.05) is 36.4 Å². The highest BCUT2D eigenvalue weighted by atomic mass is 32.1. The number of aromatic nitrogens is 1. The van der Waals surface area contributed by atoms with Crippen LogP contribution in [0.2, 0.25) is 0 Å². The fraction of sp³-hybridized carbons (Fsp3) is 0.0476. The second-order valence-electron chi connectivity index (χ2n) is 6.18. The van der Waals surface area contributed by atoms with E-state index >= 15 is 0 Å². The van der Waals surface area contributed by atoms with Crippen LogP contribution in [0.4, 0.5) is 5.00 Å². The van der Waals surface area contributed by atoms with E-state index in [9.17, 15) is 9.59 Å². The van der Waals surface area contributed by atoms with Gasteiger partial charge in [-0.2, -0.15) is 0 Å². The molecule has 4 rings (SSSR count). The average Bonchev–Trinajstić information content (AvgIpc) is 3.29. The summed E-state index contributed by atoms with van der Waals surface area (Å²) in [6.45, 7) is 0. The molecule has 0 saturated carbocycles. The van der Waals surface area contributed by atoms with Gasteiger partial charge in [-0.05, 0) is 29.8 Å².